The molecule has 4 aromatic heterocycles. The second kappa shape index (κ2) is 6.70. The van der Waals surface area contributed by atoms with Crippen molar-refractivity contribution < 1.29 is 4.74 Å². The van der Waals surface area contributed by atoms with Crippen molar-refractivity contribution in [2.24, 2.45) is 14.1 Å². The Bertz CT molecular complexity index is 1170. The summed E-state index contributed by atoms with van der Waals surface area (Å²) in [5.74, 6) is 0.927. The van der Waals surface area contributed by atoms with E-state index in [1.54, 1.807) is 6.20 Å². The van der Waals surface area contributed by atoms with Crippen molar-refractivity contribution >= 4 is 16.9 Å². The highest BCUT2D eigenvalue weighted by atomic mass is 16.5. The zero-order valence-corrected chi connectivity index (χ0v) is 17.0. The standard InChI is InChI=1S/C20H24N8O/c1-12-11-29-8-7-28(12)17-9-14(15-10-26(3)24-13(15)2)20-19(22-17)18(25-27(20)4)16-5-6-21-23-16/h5-6,9-10,12H,7-8,11H2,1-4H3,(H,21,23)/t12-/m1/s1. The topological polar surface area (TPSA) is 89.7 Å². The summed E-state index contributed by atoms with van der Waals surface area (Å²) >= 11 is 0. The molecule has 1 fully saturated rings. The van der Waals surface area contributed by atoms with Crippen LogP contribution in [0.1, 0.15) is 12.6 Å². The van der Waals surface area contributed by atoms with Gasteiger partial charge in [-0.1, -0.05) is 0 Å². The molecule has 1 N–H and O–H groups in total. The Balaban J connectivity index is 1.81. The molecule has 1 aliphatic rings. The molecule has 0 amide bonds. The van der Waals surface area contributed by atoms with Crippen LogP contribution in [0.4, 0.5) is 5.82 Å². The highest BCUT2D eigenvalue weighted by Gasteiger charge is 2.25. The van der Waals surface area contributed by atoms with Crippen LogP contribution in [0, 0.1) is 6.92 Å². The predicted octanol–water partition coefficient (Wildman–Crippen LogP) is 2.29. The number of aromatic amines is 1. The molecule has 1 saturated heterocycles. The highest BCUT2D eigenvalue weighted by molar-refractivity contribution is 6.00. The minimum Gasteiger partial charge on any atom is -0.377 e. The van der Waals surface area contributed by atoms with Crippen LogP contribution >= 0.6 is 0 Å². The molecule has 0 spiro atoms. The highest BCUT2D eigenvalue weighted by Crippen LogP contribution is 2.37. The molecule has 29 heavy (non-hydrogen) atoms. The minimum atomic E-state index is 0.252. The van der Waals surface area contributed by atoms with Crippen molar-refractivity contribution in [1.29, 1.82) is 0 Å². The van der Waals surface area contributed by atoms with Crippen LogP contribution in [-0.4, -0.2) is 60.5 Å². The van der Waals surface area contributed by atoms with Crippen molar-refractivity contribution in [3.63, 3.8) is 0 Å². The number of ether oxygens (including phenoxy) is 1. The molecule has 4 aromatic rings. The number of H-pyrrole nitrogens is 1. The molecular weight excluding hydrogens is 368 g/mol. The lowest BCUT2D eigenvalue weighted by atomic mass is 10.0. The lowest BCUT2D eigenvalue weighted by Gasteiger charge is -2.34. The summed E-state index contributed by atoms with van der Waals surface area (Å²) in [5.41, 5.74) is 6.50. The average Bonchev–Trinajstić information content (AvgIpc) is 3.41. The third kappa shape index (κ3) is 2.89. The summed E-state index contributed by atoms with van der Waals surface area (Å²) in [6.07, 6.45) is 3.85. The summed E-state index contributed by atoms with van der Waals surface area (Å²) in [6.45, 7) is 6.40. The molecule has 150 valence electrons. The van der Waals surface area contributed by atoms with E-state index in [0.717, 1.165) is 51.6 Å². The van der Waals surface area contributed by atoms with Crippen LogP contribution in [0.3, 0.4) is 0 Å². The zero-order chi connectivity index (χ0) is 20.1. The Morgan fingerprint density at radius 1 is 1.21 bits per heavy atom. The molecule has 0 aromatic carbocycles. The number of nitrogens with one attached hydrogen (secondary N) is 1. The maximum absolute atomic E-state index is 5.63. The van der Waals surface area contributed by atoms with Crippen molar-refractivity contribution in [1.82, 2.24) is 34.7 Å². The summed E-state index contributed by atoms with van der Waals surface area (Å²) < 4.78 is 9.37. The van der Waals surface area contributed by atoms with Gasteiger partial charge in [0.2, 0.25) is 0 Å². The number of anilines is 1. The van der Waals surface area contributed by atoms with Gasteiger partial charge in [-0.3, -0.25) is 14.5 Å². The van der Waals surface area contributed by atoms with Gasteiger partial charge in [-0.15, -0.1) is 0 Å². The molecular formula is C20H24N8O. The number of nitrogens with zero attached hydrogens (tertiary/aromatic N) is 7. The summed E-state index contributed by atoms with van der Waals surface area (Å²) in [6, 6.07) is 4.33. The van der Waals surface area contributed by atoms with Gasteiger partial charge >= 0.3 is 0 Å². The molecule has 1 aliphatic heterocycles. The van der Waals surface area contributed by atoms with Crippen molar-refractivity contribution in [2.45, 2.75) is 19.9 Å². The van der Waals surface area contributed by atoms with Gasteiger partial charge in [-0.05, 0) is 26.0 Å². The summed E-state index contributed by atoms with van der Waals surface area (Å²) in [4.78, 5) is 7.36. The molecule has 5 rings (SSSR count). The molecule has 0 bridgehead atoms. The second-order valence-corrected chi connectivity index (χ2v) is 7.58. The van der Waals surface area contributed by atoms with Gasteiger partial charge < -0.3 is 9.64 Å². The Kier molecular flexibility index (Phi) is 4.13. The number of hydrogen-bond acceptors (Lipinski definition) is 6. The Labute approximate surface area is 168 Å². The third-order valence-electron chi connectivity index (χ3n) is 5.49. The van der Waals surface area contributed by atoms with Crippen LogP contribution in [0.2, 0.25) is 0 Å². The Morgan fingerprint density at radius 2 is 2.07 bits per heavy atom. The first-order chi connectivity index (χ1) is 14.0. The van der Waals surface area contributed by atoms with Gasteiger partial charge in [0.05, 0.1) is 30.5 Å². The minimum absolute atomic E-state index is 0.252. The van der Waals surface area contributed by atoms with Crippen LogP contribution in [0.15, 0.2) is 24.5 Å². The van der Waals surface area contributed by atoms with E-state index in [2.05, 4.69) is 39.4 Å². The third-order valence-corrected chi connectivity index (χ3v) is 5.49. The van der Waals surface area contributed by atoms with Crippen LogP contribution in [-0.2, 0) is 18.8 Å². The lowest BCUT2D eigenvalue weighted by Crippen LogP contribution is -2.44. The average molecular weight is 392 g/mol. The van der Waals surface area contributed by atoms with E-state index in [4.69, 9.17) is 14.8 Å². The number of hydrogen-bond donors (Lipinski definition) is 1. The fourth-order valence-electron chi connectivity index (χ4n) is 4.11. The molecule has 0 unspecified atom stereocenters. The number of aryl methyl sites for hydroxylation is 3. The molecule has 1 atom stereocenters. The fraction of sp³-hybridized carbons (Fsp3) is 0.400. The molecule has 0 aliphatic carbocycles. The molecule has 9 nitrogen and oxygen atoms in total. The largest absolute Gasteiger partial charge is 0.377 e. The second-order valence-electron chi connectivity index (χ2n) is 7.58. The van der Waals surface area contributed by atoms with Crippen molar-refractivity contribution in [2.75, 3.05) is 24.7 Å². The molecule has 5 heterocycles. The Hall–Kier alpha value is -3.20. The predicted molar refractivity (Wildman–Crippen MR) is 111 cm³/mol. The van der Waals surface area contributed by atoms with Crippen molar-refractivity contribution in [3.8, 4) is 22.5 Å². The number of aromatic nitrogens is 7. The first-order valence-electron chi connectivity index (χ1n) is 9.76. The van der Waals surface area contributed by atoms with E-state index in [1.807, 2.05) is 36.4 Å². The number of rotatable bonds is 3. The zero-order valence-electron chi connectivity index (χ0n) is 17.0. The van der Waals surface area contributed by atoms with Gasteiger partial charge in [-0.2, -0.15) is 15.3 Å². The normalized spacial score (nSPS) is 17.4. The van der Waals surface area contributed by atoms with E-state index < -0.39 is 0 Å². The monoisotopic (exact) mass is 392 g/mol. The maximum atomic E-state index is 5.63. The van der Waals surface area contributed by atoms with Crippen molar-refractivity contribution in [3.05, 3.63) is 30.2 Å². The number of pyridine rings is 1. The SMILES string of the molecule is Cc1nn(C)cc1-c1cc(N2CCOC[C@H]2C)nc2c(-c3cc[nH]n3)nn(C)c12. The summed E-state index contributed by atoms with van der Waals surface area (Å²) in [5, 5.41) is 16.5. The van der Waals surface area contributed by atoms with E-state index >= 15 is 0 Å². The van der Waals surface area contributed by atoms with Crippen LogP contribution in [0.25, 0.3) is 33.5 Å². The van der Waals surface area contributed by atoms with Gasteiger partial charge in [0.1, 0.15) is 22.7 Å². The molecule has 0 radical (unpaired) electrons. The van der Waals surface area contributed by atoms with E-state index in [9.17, 15) is 0 Å². The first kappa shape index (κ1) is 17.9. The van der Waals surface area contributed by atoms with Gasteiger partial charge in [0.25, 0.3) is 0 Å². The van der Waals surface area contributed by atoms with E-state index in [1.165, 1.54) is 0 Å². The lowest BCUT2D eigenvalue weighted by molar-refractivity contribution is 0.0986. The van der Waals surface area contributed by atoms with Gasteiger partial charge in [-0.25, -0.2) is 4.98 Å². The molecule has 9 heteroatoms. The Morgan fingerprint density at radius 3 is 2.76 bits per heavy atom. The van der Waals surface area contributed by atoms with Gasteiger partial charge in [0.15, 0.2) is 0 Å². The van der Waals surface area contributed by atoms with E-state index in [0.29, 0.717) is 13.2 Å². The van der Waals surface area contributed by atoms with E-state index in [-0.39, 0.29) is 6.04 Å². The van der Waals surface area contributed by atoms with Crippen LogP contribution < -0.4 is 4.90 Å². The number of fused-ring (bicyclic) bond motifs is 1. The van der Waals surface area contributed by atoms with Crippen LogP contribution in [0.5, 0.6) is 0 Å². The smallest absolute Gasteiger partial charge is 0.139 e. The molecule has 0 saturated carbocycles. The fourth-order valence-corrected chi connectivity index (χ4v) is 4.11. The maximum Gasteiger partial charge on any atom is 0.139 e. The first-order valence-corrected chi connectivity index (χ1v) is 9.76. The summed E-state index contributed by atoms with van der Waals surface area (Å²) in [7, 11) is 3.89. The quantitative estimate of drug-likeness (QED) is 0.575. The number of morpholine rings is 1. The van der Waals surface area contributed by atoms with Gasteiger partial charge in [0, 0.05) is 44.2 Å².